The van der Waals surface area contributed by atoms with Gasteiger partial charge in [-0.1, -0.05) is 231 Å². The van der Waals surface area contributed by atoms with Crippen LogP contribution in [-0.2, 0) is 0 Å². The van der Waals surface area contributed by atoms with Crippen molar-refractivity contribution in [3.05, 3.63) is 328 Å². The minimum atomic E-state index is 1.11. The minimum absolute atomic E-state index is 1.11. The van der Waals surface area contributed by atoms with Crippen molar-refractivity contribution in [2.45, 2.75) is 0 Å². The van der Waals surface area contributed by atoms with Crippen LogP contribution in [0.4, 0.5) is 0 Å². The van der Waals surface area contributed by atoms with E-state index in [2.05, 4.69) is 346 Å². The van der Waals surface area contributed by atoms with Crippen LogP contribution < -0.4 is 0 Å². The summed E-state index contributed by atoms with van der Waals surface area (Å²) < 4.78 is 9.82. The second-order valence-electron chi connectivity index (χ2n) is 23.1. The van der Waals surface area contributed by atoms with Crippen molar-refractivity contribution in [2.24, 2.45) is 0 Å². The van der Waals surface area contributed by atoms with Crippen molar-refractivity contribution < 1.29 is 0 Å². The third kappa shape index (κ3) is 7.65. The van der Waals surface area contributed by atoms with Crippen molar-refractivity contribution in [1.82, 2.24) is 18.3 Å². The molecule has 0 amide bonds. The molecule has 0 bridgehead atoms. The summed E-state index contributed by atoms with van der Waals surface area (Å²) in [5.74, 6) is 0. The predicted molar refractivity (Wildman–Crippen MR) is 371 cm³/mol. The number of rotatable bonds is 9. The summed E-state index contributed by atoms with van der Waals surface area (Å²) in [5, 5.41) is 9.81. The van der Waals surface area contributed by atoms with E-state index < -0.39 is 0 Å². The highest BCUT2D eigenvalue weighted by molar-refractivity contribution is 6.15. The zero-order valence-corrected chi connectivity index (χ0v) is 48.0. The topological polar surface area (TPSA) is 19.7 Å². The largest absolute Gasteiger partial charge is 0.309 e. The average molecular weight is 1120 g/mol. The molecule has 0 aliphatic rings. The molecule has 0 spiro atoms. The van der Waals surface area contributed by atoms with Crippen LogP contribution in [0.25, 0.3) is 166 Å². The van der Waals surface area contributed by atoms with Gasteiger partial charge < -0.3 is 18.3 Å². The monoisotopic (exact) mass is 1120 g/mol. The molecule has 0 saturated heterocycles. The van der Waals surface area contributed by atoms with E-state index in [1.54, 1.807) is 0 Å². The molecule has 0 N–H and O–H groups in total. The van der Waals surface area contributed by atoms with E-state index in [1.807, 2.05) is 0 Å². The molecule has 0 atom stereocenters. The lowest BCUT2D eigenvalue weighted by atomic mass is 9.92. The van der Waals surface area contributed by atoms with Crippen molar-refractivity contribution in [1.29, 1.82) is 0 Å². The van der Waals surface area contributed by atoms with Gasteiger partial charge in [0.25, 0.3) is 0 Å². The summed E-state index contributed by atoms with van der Waals surface area (Å²) in [6.07, 6.45) is 0. The molecule has 0 unspecified atom stereocenters. The van der Waals surface area contributed by atoms with Crippen molar-refractivity contribution in [2.75, 3.05) is 0 Å². The normalized spacial score (nSPS) is 11.9. The molecular weight excluding hydrogens is 1060 g/mol. The van der Waals surface area contributed by atoms with Gasteiger partial charge in [0.05, 0.1) is 55.5 Å². The maximum Gasteiger partial charge on any atom is 0.0541 e. The molecular formula is C84H54N4. The Morgan fingerprint density at radius 3 is 0.784 bits per heavy atom. The first-order valence-corrected chi connectivity index (χ1v) is 30.3. The molecule has 18 rings (SSSR count). The van der Waals surface area contributed by atoms with Crippen LogP contribution in [0, 0.1) is 0 Å². The molecule has 410 valence electrons. The van der Waals surface area contributed by atoms with Gasteiger partial charge >= 0.3 is 0 Å². The van der Waals surface area contributed by atoms with Gasteiger partial charge in [0.1, 0.15) is 0 Å². The smallest absolute Gasteiger partial charge is 0.0541 e. The number of nitrogens with zero attached hydrogens (tertiary/aromatic N) is 4. The highest BCUT2D eigenvalue weighted by atomic mass is 15.0. The lowest BCUT2D eigenvalue weighted by molar-refractivity contribution is 1.16. The van der Waals surface area contributed by atoms with Gasteiger partial charge in [-0.2, -0.15) is 0 Å². The van der Waals surface area contributed by atoms with Gasteiger partial charge in [0.15, 0.2) is 0 Å². The fourth-order valence-corrected chi connectivity index (χ4v) is 14.6. The highest BCUT2D eigenvalue weighted by Gasteiger charge is 2.24. The van der Waals surface area contributed by atoms with Gasteiger partial charge in [0.2, 0.25) is 0 Å². The van der Waals surface area contributed by atoms with Crippen molar-refractivity contribution >= 4 is 87.2 Å². The summed E-state index contributed by atoms with van der Waals surface area (Å²) in [6, 6.07) is 121. The van der Waals surface area contributed by atoms with Crippen LogP contribution in [0.15, 0.2) is 328 Å². The number of aromatic nitrogens is 4. The van der Waals surface area contributed by atoms with Crippen LogP contribution in [0.3, 0.4) is 0 Å². The third-order valence-corrected chi connectivity index (χ3v) is 18.4. The Kier molecular flexibility index (Phi) is 11.3. The average Bonchev–Trinajstić information content (AvgIpc) is 2.12. The first kappa shape index (κ1) is 49.7. The van der Waals surface area contributed by atoms with Crippen LogP contribution >= 0.6 is 0 Å². The Morgan fingerprint density at radius 1 is 0.148 bits per heavy atom. The molecule has 0 aliphatic heterocycles. The number of para-hydroxylation sites is 8. The fraction of sp³-hybridized carbons (Fsp3) is 0. The Morgan fingerprint density at radius 2 is 0.432 bits per heavy atom. The van der Waals surface area contributed by atoms with Gasteiger partial charge in [-0.05, 0) is 142 Å². The highest BCUT2D eigenvalue weighted by Crippen LogP contribution is 2.46. The number of fused-ring (bicyclic) bond motifs is 12. The van der Waals surface area contributed by atoms with E-state index in [0.717, 1.165) is 56.0 Å². The molecule has 0 saturated carbocycles. The SMILES string of the molecule is c1ccc(-c2cc(-n3c4ccccc4c4ccccc43)ccc2-c2ccc3c(c2)c2cc(-c4ccc(-n5c6ccccc6c6ccccc65)cc4-c4ccccc4)ccc2n3-c2ccccc2-c2ccccc2-n2c3ccccc3c3ccccc32)cc1. The Hall–Kier alpha value is -11.7. The van der Waals surface area contributed by atoms with Crippen molar-refractivity contribution in [3.63, 3.8) is 0 Å². The predicted octanol–water partition coefficient (Wildman–Crippen LogP) is 22.4. The summed E-state index contributed by atoms with van der Waals surface area (Å²) in [7, 11) is 0. The maximum absolute atomic E-state index is 2.52. The molecule has 0 radical (unpaired) electrons. The second kappa shape index (κ2) is 20.0. The summed E-state index contributed by atoms with van der Waals surface area (Å²) in [5.41, 5.74) is 25.5. The van der Waals surface area contributed by atoms with E-state index >= 15 is 0 Å². The minimum Gasteiger partial charge on any atom is -0.309 e. The zero-order chi connectivity index (χ0) is 57.8. The van der Waals surface area contributed by atoms with E-state index in [0.29, 0.717) is 0 Å². The molecule has 4 nitrogen and oxygen atoms in total. The molecule has 88 heavy (non-hydrogen) atoms. The quantitative estimate of drug-likeness (QED) is 0.137. The molecule has 4 heterocycles. The van der Waals surface area contributed by atoms with Crippen LogP contribution in [0.2, 0.25) is 0 Å². The lowest BCUT2D eigenvalue weighted by Gasteiger charge is -2.19. The number of hydrogen-bond acceptors (Lipinski definition) is 0. The van der Waals surface area contributed by atoms with Crippen LogP contribution in [0.1, 0.15) is 0 Å². The van der Waals surface area contributed by atoms with E-state index in [-0.39, 0.29) is 0 Å². The first-order chi connectivity index (χ1) is 43.7. The summed E-state index contributed by atoms with van der Waals surface area (Å²) in [6.45, 7) is 0. The van der Waals surface area contributed by atoms with Crippen LogP contribution in [-0.4, -0.2) is 18.3 Å². The summed E-state index contributed by atoms with van der Waals surface area (Å²) >= 11 is 0. The molecule has 18 aromatic rings. The zero-order valence-electron chi connectivity index (χ0n) is 48.0. The van der Waals surface area contributed by atoms with Crippen molar-refractivity contribution in [3.8, 4) is 78.4 Å². The van der Waals surface area contributed by atoms with Crippen LogP contribution in [0.5, 0.6) is 0 Å². The fourth-order valence-electron chi connectivity index (χ4n) is 14.6. The Labute approximate surface area is 508 Å². The number of benzene rings is 14. The number of hydrogen-bond donors (Lipinski definition) is 0. The van der Waals surface area contributed by atoms with E-state index in [4.69, 9.17) is 0 Å². The molecule has 0 fully saturated rings. The molecule has 4 aromatic heterocycles. The standard InChI is InChI=1S/C84H54N4/c1-3-23-55(24-4-1)71-53-59(85-75-35-15-7-27-63(75)64-28-8-16-36-76(64)85)45-47-61(71)57-43-49-83-73(51-57)74-52-58(62-48-46-60(54-72(62)56-25-5-2-6-26-56)86-77-37-17-9-29-65(77)66-30-10-18-38-78(66)86)44-50-84(74)88(83)82-42-22-14-34-70(82)69-33-13-21-41-81(69)87-79-39-19-11-31-67(79)68-32-12-20-40-80(68)87/h1-54H. The van der Waals surface area contributed by atoms with Gasteiger partial charge in [0, 0.05) is 65.6 Å². The van der Waals surface area contributed by atoms with Gasteiger partial charge in [-0.25, -0.2) is 0 Å². The Bertz CT molecular complexity index is 5390. The third-order valence-electron chi connectivity index (χ3n) is 18.4. The van der Waals surface area contributed by atoms with E-state index in [9.17, 15) is 0 Å². The second-order valence-corrected chi connectivity index (χ2v) is 23.1. The maximum atomic E-state index is 2.52. The molecule has 0 aliphatic carbocycles. The van der Waals surface area contributed by atoms with E-state index in [1.165, 1.54) is 110 Å². The Balaban J connectivity index is 0.877. The lowest BCUT2D eigenvalue weighted by Crippen LogP contribution is -2.01. The summed E-state index contributed by atoms with van der Waals surface area (Å²) in [4.78, 5) is 0. The van der Waals surface area contributed by atoms with Gasteiger partial charge in [-0.3, -0.25) is 0 Å². The molecule has 4 heteroatoms. The van der Waals surface area contributed by atoms with Gasteiger partial charge in [-0.15, -0.1) is 0 Å². The molecule has 14 aromatic carbocycles. The first-order valence-electron chi connectivity index (χ1n) is 30.3.